The molecule has 1 amide bonds. The number of hydrogen-bond donors (Lipinski definition) is 1. The van der Waals surface area contributed by atoms with Crippen molar-refractivity contribution in [1.29, 1.82) is 0 Å². The molecular formula is C17H18N2O4S. The van der Waals surface area contributed by atoms with Gasteiger partial charge in [-0.2, -0.15) is 0 Å². The third-order valence-electron chi connectivity index (χ3n) is 3.85. The van der Waals surface area contributed by atoms with Gasteiger partial charge in [-0.05, 0) is 36.8 Å². The van der Waals surface area contributed by atoms with Crippen molar-refractivity contribution in [3.05, 3.63) is 54.1 Å². The van der Waals surface area contributed by atoms with E-state index in [0.29, 0.717) is 35.7 Å². The van der Waals surface area contributed by atoms with Gasteiger partial charge in [0.2, 0.25) is 10.0 Å². The van der Waals surface area contributed by atoms with E-state index in [1.165, 1.54) is 11.4 Å². The molecule has 3 rings (SSSR count). The van der Waals surface area contributed by atoms with E-state index < -0.39 is 10.0 Å². The topological polar surface area (TPSA) is 75.7 Å². The maximum absolute atomic E-state index is 12.5. The summed E-state index contributed by atoms with van der Waals surface area (Å²) in [6.45, 7) is 0.444. The lowest BCUT2D eigenvalue weighted by atomic mass is 10.1. The quantitative estimate of drug-likeness (QED) is 0.923. The molecule has 1 saturated heterocycles. The van der Waals surface area contributed by atoms with Crippen molar-refractivity contribution in [2.24, 2.45) is 0 Å². The fraction of sp³-hybridized carbons (Fsp3) is 0.235. The molecule has 0 aliphatic carbocycles. The van der Waals surface area contributed by atoms with Crippen molar-refractivity contribution < 1.29 is 17.9 Å². The standard InChI is InChI=1S/C17H18N2O4S/c1-23-16-9-3-2-8-15(16)18-17(20)13-6-4-7-14(12-13)19-10-5-11-24(19,21)22/h2-4,6-9,12H,5,10-11H2,1H3,(H,18,20). The largest absolute Gasteiger partial charge is 0.495 e. The van der Waals surface area contributed by atoms with Crippen LogP contribution in [0.25, 0.3) is 0 Å². The van der Waals surface area contributed by atoms with Gasteiger partial charge in [-0.15, -0.1) is 0 Å². The van der Waals surface area contributed by atoms with Crippen LogP contribution in [0.15, 0.2) is 48.5 Å². The van der Waals surface area contributed by atoms with Gasteiger partial charge in [-0.25, -0.2) is 8.42 Å². The molecule has 1 N–H and O–H groups in total. The Kier molecular flexibility index (Phi) is 4.44. The number of hydrogen-bond acceptors (Lipinski definition) is 4. The zero-order valence-corrected chi connectivity index (χ0v) is 14.0. The van der Waals surface area contributed by atoms with Crippen LogP contribution < -0.4 is 14.4 Å². The fourth-order valence-electron chi connectivity index (χ4n) is 2.67. The Morgan fingerprint density at radius 3 is 2.67 bits per heavy atom. The first-order valence-electron chi connectivity index (χ1n) is 7.56. The molecule has 0 radical (unpaired) electrons. The van der Waals surface area contributed by atoms with E-state index in [1.807, 2.05) is 6.07 Å². The summed E-state index contributed by atoms with van der Waals surface area (Å²) >= 11 is 0. The normalized spacial score (nSPS) is 16.0. The number of nitrogens with one attached hydrogen (secondary N) is 1. The van der Waals surface area contributed by atoms with E-state index in [1.54, 1.807) is 42.5 Å². The highest BCUT2D eigenvalue weighted by molar-refractivity contribution is 7.93. The maximum atomic E-state index is 12.5. The van der Waals surface area contributed by atoms with Gasteiger partial charge < -0.3 is 10.1 Å². The summed E-state index contributed by atoms with van der Waals surface area (Å²) in [6, 6.07) is 13.7. The summed E-state index contributed by atoms with van der Waals surface area (Å²) in [6.07, 6.45) is 0.597. The van der Waals surface area contributed by atoms with E-state index in [9.17, 15) is 13.2 Å². The van der Waals surface area contributed by atoms with Gasteiger partial charge in [0.25, 0.3) is 5.91 Å². The Balaban J connectivity index is 1.85. The molecule has 0 bridgehead atoms. The zero-order valence-electron chi connectivity index (χ0n) is 13.2. The van der Waals surface area contributed by atoms with E-state index in [-0.39, 0.29) is 11.7 Å². The number of nitrogens with zero attached hydrogens (tertiary/aromatic N) is 1. The van der Waals surface area contributed by atoms with E-state index in [0.717, 1.165) is 0 Å². The number of benzene rings is 2. The van der Waals surface area contributed by atoms with Gasteiger partial charge in [0.1, 0.15) is 5.75 Å². The summed E-state index contributed by atoms with van der Waals surface area (Å²) in [5.41, 5.74) is 1.46. The maximum Gasteiger partial charge on any atom is 0.255 e. The molecule has 0 saturated carbocycles. The van der Waals surface area contributed by atoms with Crippen LogP contribution in [0.3, 0.4) is 0 Å². The van der Waals surface area contributed by atoms with Gasteiger partial charge >= 0.3 is 0 Å². The minimum absolute atomic E-state index is 0.143. The first-order valence-corrected chi connectivity index (χ1v) is 9.17. The molecule has 126 valence electrons. The smallest absolute Gasteiger partial charge is 0.255 e. The van der Waals surface area contributed by atoms with Crippen LogP contribution in [0.2, 0.25) is 0 Å². The first-order chi connectivity index (χ1) is 11.5. The van der Waals surface area contributed by atoms with Gasteiger partial charge in [-0.1, -0.05) is 18.2 Å². The summed E-state index contributed by atoms with van der Waals surface area (Å²) in [4.78, 5) is 12.5. The highest BCUT2D eigenvalue weighted by Crippen LogP contribution is 2.26. The predicted octanol–water partition coefficient (Wildman–Crippen LogP) is 2.49. The Labute approximate surface area is 141 Å². The van der Waals surface area contributed by atoms with Crippen LogP contribution in [-0.2, 0) is 10.0 Å². The number of para-hydroxylation sites is 2. The number of rotatable bonds is 4. The third-order valence-corrected chi connectivity index (χ3v) is 5.72. The third kappa shape index (κ3) is 3.21. The van der Waals surface area contributed by atoms with Crippen molar-refractivity contribution in [3.63, 3.8) is 0 Å². The van der Waals surface area contributed by atoms with Crippen LogP contribution in [-0.4, -0.2) is 33.7 Å². The highest BCUT2D eigenvalue weighted by Gasteiger charge is 2.28. The Bertz CT molecular complexity index is 864. The van der Waals surface area contributed by atoms with E-state index >= 15 is 0 Å². The highest BCUT2D eigenvalue weighted by atomic mass is 32.2. The molecule has 1 heterocycles. The molecule has 6 nitrogen and oxygen atoms in total. The number of amides is 1. The monoisotopic (exact) mass is 346 g/mol. The van der Waals surface area contributed by atoms with Gasteiger partial charge in [0, 0.05) is 12.1 Å². The van der Waals surface area contributed by atoms with Crippen molar-refractivity contribution in [3.8, 4) is 5.75 Å². The average molecular weight is 346 g/mol. The van der Waals surface area contributed by atoms with Gasteiger partial charge in [-0.3, -0.25) is 9.10 Å². The molecule has 7 heteroatoms. The zero-order chi connectivity index (χ0) is 17.2. The van der Waals surface area contributed by atoms with Crippen LogP contribution in [0.5, 0.6) is 5.75 Å². The van der Waals surface area contributed by atoms with Crippen molar-refractivity contribution in [1.82, 2.24) is 0 Å². The lowest BCUT2D eigenvalue weighted by molar-refractivity contribution is 0.102. The molecule has 2 aromatic rings. The van der Waals surface area contributed by atoms with Crippen LogP contribution in [0.4, 0.5) is 11.4 Å². The molecule has 0 unspecified atom stereocenters. The van der Waals surface area contributed by atoms with E-state index in [2.05, 4.69) is 5.32 Å². The number of sulfonamides is 1. The molecule has 0 spiro atoms. The second-order valence-electron chi connectivity index (χ2n) is 5.45. The second kappa shape index (κ2) is 6.52. The number of ether oxygens (including phenoxy) is 1. The molecular weight excluding hydrogens is 328 g/mol. The Morgan fingerprint density at radius 1 is 1.17 bits per heavy atom. The molecule has 0 atom stereocenters. The minimum Gasteiger partial charge on any atom is -0.495 e. The summed E-state index contributed by atoms with van der Waals surface area (Å²) < 4.78 is 30.6. The molecule has 1 aliphatic rings. The van der Waals surface area contributed by atoms with E-state index in [4.69, 9.17) is 4.74 Å². The van der Waals surface area contributed by atoms with Crippen LogP contribution >= 0.6 is 0 Å². The number of anilines is 2. The average Bonchev–Trinajstić information content (AvgIpc) is 2.94. The lowest BCUT2D eigenvalue weighted by Crippen LogP contribution is -2.25. The van der Waals surface area contributed by atoms with Crippen molar-refractivity contribution in [2.45, 2.75) is 6.42 Å². The number of carbonyl (C=O) groups is 1. The SMILES string of the molecule is COc1ccccc1NC(=O)c1cccc(N2CCCS2(=O)=O)c1. The fourth-order valence-corrected chi connectivity index (χ4v) is 4.23. The second-order valence-corrected chi connectivity index (χ2v) is 7.46. The lowest BCUT2D eigenvalue weighted by Gasteiger charge is -2.17. The van der Waals surface area contributed by atoms with Crippen LogP contribution in [0.1, 0.15) is 16.8 Å². The van der Waals surface area contributed by atoms with Gasteiger partial charge in [0.05, 0.1) is 24.2 Å². The van der Waals surface area contributed by atoms with Crippen LogP contribution in [0, 0.1) is 0 Å². The van der Waals surface area contributed by atoms with Crippen molar-refractivity contribution >= 4 is 27.3 Å². The number of methoxy groups -OCH3 is 1. The minimum atomic E-state index is -3.27. The first kappa shape index (κ1) is 16.3. The summed E-state index contributed by atoms with van der Waals surface area (Å²) in [5, 5.41) is 2.78. The molecule has 24 heavy (non-hydrogen) atoms. The Hall–Kier alpha value is -2.54. The summed E-state index contributed by atoms with van der Waals surface area (Å²) in [7, 11) is -1.74. The van der Waals surface area contributed by atoms with Crippen molar-refractivity contribution in [2.75, 3.05) is 29.0 Å². The molecule has 2 aromatic carbocycles. The molecule has 1 aliphatic heterocycles. The summed E-state index contributed by atoms with van der Waals surface area (Å²) in [5.74, 6) is 0.382. The molecule has 1 fully saturated rings. The Morgan fingerprint density at radius 2 is 1.96 bits per heavy atom. The predicted molar refractivity (Wildman–Crippen MR) is 93.1 cm³/mol. The molecule has 0 aromatic heterocycles. The van der Waals surface area contributed by atoms with Gasteiger partial charge in [0.15, 0.2) is 0 Å². The number of carbonyl (C=O) groups excluding carboxylic acids is 1.